The number of methoxy groups -OCH3 is 1. The quantitative estimate of drug-likeness (QED) is 0.912. The first-order chi connectivity index (χ1) is 9.26. The van der Waals surface area contributed by atoms with Crippen LogP contribution in [0.2, 0.25) is 0 Å². The molecule has 0 saturated carbocycles. The fourth-order valence-corrected chi connectivity index (χ4v) is 1.78. The first-order valence-corrected chi connectivity index (χ1v) is 5.80. The van der Waals surface area contributed by atoms with Crippen LogP contribution in [-0.4, -0.2) is 7.11 Å². The van der Waals surface area contributed by atoms with Gasteiger partial charge < -0.3 is 10.1 Å². The molecule has 0 spiro atoms. The van der Waals surface area contributed by atoms with Crippen LogP contribution in [0.4, 0.5) is 10.1 Å². The van der Waals surface area contributed by atoms with Crippen molar-refractivity contribution in [3.8, 4) is 11.8 Å². The maximum atomic E-state index is 13.9. The van der Waals surface area contributed by atoms with Gasteiger partial charge in [0.2, 0.25) is 0 Å². The second kappa shape index (κ2) is 5.87. The third-order valence-corrected chi connectivity index (χ3v) is 2.78. The third-order valence-electron chi connectivity index (χ3n) is 2.78. The Morgan fingerprint density at radius 3 is 2.74 bits per heavy atom. The van der Waals surface area contributed by atoms with Crippen LogP contribution >= 0.6 is 0 Å². The fourth-order valence-electron chi connectivity index (χ4n) is 1.78. The summed E-state index contributed by atoms with van der Waals surface area (Å²) in [5.41, 5.74) is 1.29. The lowest BCUT2D eigenvalue weighted by atomic mass is 10.1. The van der Waals surface area contributed by atoms with Crippen LogP contribution in [0.25, 0.3) is 0 Å². The summed E-state index contributed by atoms with van der Waals surface area (Å²) in [6.45, 7) is 0.293. The Hall–Kier alpha value is -2.54. The number of hydrogen-bond acceptors (Lipinski definition) is 3. The highest BCUT2D eigenvalue weighted by atomic mass is 19.1. The number of anilines is 1. The molecule has 3 nitrogen and oxygen atoms in total. The Bertz CT molecular complexity index is 620. The van der Waals surface area contributed by atoms with E-state index in [-0.39, 0.29) is 5.56 Å². The molecule has 0 aromatic heterocycles. The molecule has 96 valence electrons. The number of halogens is 1. The van der Waals surface area contributed by atoms with Gasteiger partial charge >= 0.3 is 0 Å². The Labute approximate surface area is 111 Å². The van der Waals surface area contributed by atoms with Crippen molar-refractivity contribution in [1.29, 1.82) is 5.26 Å². The molecule has 4 heteroatoms. The van der Waals surface area contributed by atoms with Crippen molar-refractivity contribution < 1.29 is 9.13 Å². The molecule has 2 aromatic carbocycles. The molecule has 19 heavy (non-hydrogen) atoms. The van der Waals surface area contributed by atoms with E-state index in [4.69, 9.17) is 10.00 Å². The number of ether oxygens (including phenoxy) is 1. The van der Waals surface area contributed by atoms with E-state index >= 15 is 0 Å². The molecule has 0 atom stereocenters. The van der Waals surface area contributed by atoms with E-state index in [1.165, 1.54) is 6.07 Å². The van der Waals surface area contributed by atoms with Crippen molar-refractivity contribution in [3.05, 3.63) is 59.4 Å². The molecule has 2 aromatic rings. The van der Waals surface area contributed by atoms with Gasteiger partial charge in [0, 0.05) is 12.1 Å². The Morgan fingerprint density at radius 1 is 1.21 bits per heavy atom. The van der Waals surface area contributed by atoms with Crippen LogP contribution in [0.15, 0.2) is 42.5 Å². The zero-order chi connectivity index (χ0) is 13.7. The standard InChI is InChI=1S/C15H13FN2O/c1-19-14-8-3-2-7-13(14)18-10-12-6-4-5-11(9-17)15(12)16/h2-8,18H,10H2,1H3. The number of hydrogen-bond donors (Lipinski definition) is 1. The normalized spacial score (nSPS) is 9.74. The second-order valence-electron chi connectivity index (χ2n) is 3.94. The molecule has 0 radical (unpaired) electrons. The zero-order valence-electron chi connectivity index (χ0n) is 10.5. The molecule has 1 N–H and O–H groups in total. The first kappa shape index (κ1) is 12.9. The van der Waals surface area contributed by atoms with Crippen LogP contribution in [0.5, 0.6) is 5.75 Å². The lowest BCUT2D eigenvalue weighted by Gasteiger charge is -2.11. The molecular weight excluding hydrogens is 243 g/mol. The number of nitrogens with zero attached hydrogens (tertiary/aromatic N) is 1. The molecule has 0 aliphatic rings. The maximum Gasteiger partial charge on any atom is 0.145 e. The number of rotatable bonds is 4. The van der Waals surface area contributed by atoms with Gasteiger partial charge in [-0.25, -0.2) is 4.39 Å². The third kappa shape index (κ3) is 2.83. The van der Waals surface area contributed by atoms with E-state index in [0.717, 1.165) is 5.69 Å². The zero-order valence-corrected chi connectivity index (χ0v) is 10.5. The SMILES string of the molecule is COc1ccccc1NCc1cccc(C#N)c1F. The number of nitriles is 1. The van der Waals surface area contributed by atoms with Crippen LogP contribution in [0.3, 0.4) is 0 Å². The van der Waals surface area contributed by atoms with Crippen molar-refractivity contribution in [2.24, 2.45) is 0 Å². The van der Waals surface area contributed by atoms with Crippen LogP contribution < -0.4 is 10.1 Å². The summed E-state index contributed by atoms with van der Waals surface area (Å²) in [7, 11) is 1.58. The first-order valence-electron chi connectivity index (χ1n) is 5.80. The summed E-state index contributed by atoms with van der Waals surface area (Å²) >= 11 is 0. The largest absolute Gasteiger partial charge is 0.495 e. The number of nitrogens with one attached hydrogen (secondary N) is 1. The number of para-hydroxylation sites is 2. The predicted molar refractivity (Wildman–Crippen MR) is 71.4 cm³/mol. The minimum atomic E-state index is -0.479. The molecule has 0 amide bonds. The average molecular weight is 256 g/mol. The van der Waals surface area contributed by atoms with E-state index in [2.05, 4.69) is 5.32 Å². The Balaban J connectivity index is 2.17. The van der Waals surface area contributed by atoms with Crippen molar-refractivity contribution in [2.45, 2.75) is 6.54 Å². The van der Waals surface area contributed by atoms with Gasteiger partial charge in [0.25, 0.3) is 0 Å². The monoisotopic (exact) mass is 256 g/mol. The summed E-state index contributed by atoms with van der Waals surface area (Å²) < 4.78 is 19.1. The summed E-state index contributed by atoms with van der Waals surface area (Å²) in [5, 5.41) is 11.9. The molecule has 0 bridgehead atoms. The van der Waals surface area contributed by atoms with Crippen molar-refractivity contribution >= 4 is 5.69 Å². The van der Waals surface area contributed by atoms with Gasteiger partial charge in [-0.15, -0.1) is 0 Å². The van der Waals surface area contributed by atoms with Crippen molar-refractivity contribution in [2.75, 3.05) is 12.4 Å². The molecule has 0 aliphatic carbocycles. The Morgan fingerprint density at radius 2 is 2.00 bits per heavy atom. The van der Waals surface area contributed by atoms with E-state index in [1.54, 1.807) is 19.2 Å². The van der Waals surface area contributed by atoms with Gasteiger partial charge in [0.1, 0.15) is 17.6 Å². The van der Waals surface area contributed by atoms with E-state index in [9.17, 15) is 4.39 Å². The minimum absolute atomic E-state index is 0.0549. The summed E-state index contributed by atoms with van der Waals surface area (Å²) in [5.74, 6) is 0.215. The molecule has 2 rings (SSSR count). The second-order valence-corrected chi connectivity index (χ2v) is 3.94. The van der Waals surface area contributed by atoms with Crippen LogP contribution in [0, 0.1) is 17.1 Å². The van der Waals surface area contributed by atoms with Crippen LogP contribution in [-0.2, 0) is 6.54 Å². The molecule has 0 heterocycles. The molecule has 0 saturated heterocycles. The van der Waals surface area contributed by atoms with Crippen molar-refractivity contribution in [1.82, 2.24) is 0 Å². The molecule has 0 unspecified atom stereocenters. The van der Waals surface area contributed by atoms with Crippen LogP contribution in [0.1, 0.15) is 11.1 Å². The highest BCUT2D eigenvalue weighted by molar-refractivity contribution is 5.56. The van der Waals surface area contributed by atoms with Gasteiger partial charge in [-0.2, -0.15) is 5.26 Å². The van der Waals surface area contributed by atoms with E-state index in [0.29, 0.717) is 17.9 Å². The lowest BCUT2D eigenvalue weighted by molar-refractivity contribution is 0.416. The van der Waals surface area contributed by atoms with Crippen molar-refractivity contribution in [3.63, 3.8) is 0 Å². The Kier molecular flexibility index (Phi) is 3.99. The molecule has 0 fully saturated rings. The highest BCUT2D eigenvalue weighted by Crippen LogP contribution is 2.24. The van der Waals surface area contributed by atoms with Gasteiger partial charge in [-0.3, -0.25) is 0 Å². The lowest BCUT2D eigenvalue weighted by Crippen LogP contribution is -2.04. The maximum absolute atomic E-state index is 13.9. The fraction of sp³-hybridized carbons (Fsp3) is 0.133. The predicted octanol–water partition coefficient (Wildman–Crippen LogP) is 3.32. The summed E-state index contributed by atoms with van der Waals surface area (Å²) in [6.07, 6.45) is 0. The van der Waals surface area contributed by atoms with Gasteiger partial charge in [0.05, 0.1) is 18.4 Å². The van der Waals surface area contributed by atoms with Gasteiger partial charge in [0.15, 0.2) is 0 Å². The number of benzene rings is 2. The topological polar surface area (TPSA) is 45.0 Å². The smallest absolute Gasteiger partial charge is 0.145 e. The molecule has 0 aliphatic heterocycles. The van der Waals surface area contributed by atoms with E-state index in [1.807, 2.05) is 30.3 Å². The van der Waals surface area contributed by atoms with Gasteiger partial charge in [-0.05, 0) is 18.2 Å². The van der Waals surface area contributed by atoms with Gasteiger partial charge in [-0.1, -0.05) is 24.3 Å². The summed E-state index contributed by atoms with van der Waals surface area (Å²) in [4.78, 5) is 0. The highest BCUT2D eigenvalue weighted by Gasteiger charge is 2.08. The summed E-state index contributed by atoms with van der Waals surface area (Å²) in [6, 6.07) is 14.0. The minimum Gasteiger partial charge on any atom is -0.495 e. The molecular formula is C15H13FN2O. The van der Waals surface area contributed by atoms with E-state index < -0.39 is 5.82 Å². The average Bonchev–Trinajstić information content (AvgIpc) is 2.46.